The Morgan fingerprint density at radius 1 is 1.21 bits per heavy atom. The summed E-state index contributed by atoms with van der Waals surface area (Å²) >= 11 is 0. The molecule has 102 valence electrons. The molecule has 0 amide bonds. The van der Waals surface area contributed by atoms with Gasteiger partial charge in [-0.1, -0.05) is 31.2 Å². The molecule has 0 saturated heterocycles. The molecule has 0 aliphatic heterocycles. The predicted molar refractivity (Wildman–Crippen MR) is 77.1 cm³/mol. The van der Waals surface area contributed by atoms with Crippen LogP contribution >= 0.6 is 0 Å². The number of nitrogens with zero attached hydrogens (tertiary/aromatic N) is 3. The van der Waals surface area contributed by atoms with Crippen molar-refractivity contribution in [1.29, 1.82) is 0 Å². The van der Waals surface area contributed by atoms with Crippen LogP contribution in [0.4, 0.5) is 0 Å². The highest BCUT2D eigenvalue weighted by atomic mass is 15.3. The number of hydrogen-bond acceptors (Lipinski definition) is 3. The van der Waals surface area contributed by atoms with Gasteiger partial charge in [0, 0.05) is 0 Å². The fourth-order valence-corrected chi connectivity index (χ4v) is 2.40. The van der Waals surface area contributed by atoms with Gasteiger partial charge in [-0.3, -0.25) is 0 Å². The van der Waals surface area contributed by atoms with Crippen molar-refractivity contribution < 1.29 is 0 Å². The van der Waals surface area contributed by atoms with Crippen molar-refractivity contribution in [3.8, 4) is 0 Å². The van der Waals surface area contributed by atoms with Gasteiger partial charge in [-0.15, -0.1) is 0 Å². The molecular weight excluding hydrogens is 236 g/mol. The molecule has 2 rings (SSSR count). The van der Waals surface area contributed by atoms with Gasteiger partial charge in [-0.05, 0) is 38.4 Å². The summed E-state index contributed by atoms with van der Waals surface area (Å²) in [5.41, 5.74) is 2.64. The minimum absolute atomic E-state index is 0.269. The maximum atomic E-state index is 4.45. The summed E-state index contributed by atoms with van der Waals surface area (Å²) in [7, 11) is 0. The zero-order valence-corrected chi connectivity index (χ0v) is 12.1. The highest BCUT2D eigenvalue weighted by molar-refractivity contribution is 5.28. The third kappa shape index (κ3) is 3.20. The third-order valence-electron chi connectivity index (χ3n) is 3.33. The fourth-order valence-electron chi connectivity index (χ4n) is 2.40. The predicted octanol–water partition coefficient (Wildman–Crippen LogP) is 2.55. The van der Waals surface area contributed by atoms with Gasteiger partial charge in [-0.2, -0.15) is 5.10 Å². The van der Waals surface area contributed by atoms with Crippen molar-refractivity contribution in [3.05, 3.63) is 47.0 Å². The maximum absolute atomic E-state index is 4.45. The van der Waals surface area contributed by atoms with E-state index in [2.05, 4.69) is 53.5 Å². The molecule has 0 fully saturated rings. The summed E-state index contributed by atoms with van der Waals surface area (Å²) in [6, 6.07) is 8.77. The van der Waals surface area contributed by atoms with Crippen LogP contribution in [-0.2, 0) is 6.54 Å². The summed E-state index contributed by atoms with van der Waals surface area (Å²) < 4.78 is 1.98. The van der Waals surface area contributed by atoms with E-state index >= 15 is 0 Å². The van der Waals surface area contributed by atoms with Crippen LogP contribution in [0, 0.1) is 20.8 Å². The minimum Gasteiger partial charge on any atom is -0.309 e. The smallest absolute Gasteiger partial charge is 0.147 e. The van der Waals surface area contributed by atoms with Crippen molar-refractivity contribution in [2.24, 2.45) is 0 Å². The molecule has 1 heterocycles. The highest BCUT2D eigenvalue weighted by Gasteiger charge is 2.15. The number of likely N-dealkylation sites (N-methyl/N-ethyl adjacent to an activating group) is 1. The van der Waals surface area contributed by atoms with Crippen LogP contribution in [0.3, 0.4) is 0 Å². The average molecular weight is 258 g/mol. The molecule has 0 spiro atoms. The first-order valence-corrected chi connectivity index (χ1v) is 6.78. The van der Waals surface area contributed by atoms with Crippen LogP contribution < -0.4 is 5.32 Å². The molecule has 1 aromatic carbocycles. The number of aromatic nitrogens is 3. The zero-order valence-electron chi connectivity index (χ0n) is 12.1. The van der Waals surface area contributed by atoms with E-state index < -0.39 is 0 Å². The van der Waals surface area contributed by atoms with E-state index in [0.29, 0.717) is 0 Å². The number of aryl methyl sites for hydroxylation is 3. The van der Waals surface area contributed by atoms with Crippen LogP contribution in [0.1, 0.15) is 35.7 Å². The van der Waals surface area contributed by atoms with E-state index in [1.54, 1.807) is 0 Å². The molecule has 1 atom stereocenters. The van der Waals surface area contributed by atoms with Gasteiger partial charge in [0.25, 0.3) is 0 Å². The van der Waals surface area contributed by atoms with Crippen LogP contribution in [0.25, 0.3) is 0 Å². The first-order valence-electron chi connectivity index (χ1n) is 6.78. The molecule has 0 bridgehead atoms. The first-order chi connectivity index (χ1) is 9.11. The van der Waals surface area contributed by atoms with E-state index in [9.17, 15) is 0 Å². The van der Waals surface area contributed by atoms with Crippen molar-refractivity contribution in [3.63, 3.8) is 0 Å². The van der Waals surface area contributed by atoms with E-state index in [0.717, 1.165) is 24.7 Å². The maximum Gasteiger partial charge on any atom is 0.147 e. The molecule has 1 N–H and O–H groups in total. The van der Waals surface area contributed by atoms with Gasteiger partial charge >= 0.3 is 0 Å². The van der Waals surface area contributed by atoms with Crippen LogP contribution in [0.2, 0.25) is 0 Å². The van der Waals surface area contributed by atoms with Crippen molar-refractivity contribution in [1.82, 2.24) is 20.1 Å². The van der Waals surface area contributed by atoms with Crippen molar-refractivity contribution >= 4 is 0 Å². The molecular formula is C15H22N4. The van der Waals surface area contributed by atoms with E-state index in [4.69, 9.17) is 0 Å². The Morgan fingerprint density at radius 3 is 2.53 bits per heavy atom. The summed E-state index contributed by atoms with van der Waals surface area (Å²) in [6.07, 6.45) is 0. The van der Waals surface area contributed by atoms with Crippen LogP contribution in [-0.4, -0.2) is 21.3 Å². The second-order valence-corrected chi connectivity index (χ2v) is 4.86. The molecule has 19 heavy (non-hydrogen) atoms. The second-order valence-electron chi connectivity index (χ2n) is 4.86. The second kappa shape index (κ2) is 5.97. The van der Waals surface area contributed by atoms with Crippen molar-refractivity contribution in [2.75, 3.05) is 6.54 Å². The third-order valence-corrected chi connectivity index (χ3v) is 3.33. The van der Waals surface area contributed by atoms with Crippen LogP contribution in [0.5, 0.6) is 0 Å². The first kappa shape index (κ1) is 13.7. The molecule has 1 aromatic heterocycles. The number of rotatable bonds is 5. The normalized spacial score (nSPS) is 12.6. The molecule has 0 saturated carbocycles. The quantitative estimate of drug-likeness (QED) is 0.896. The van der Waals surface area contributed by atoms with Gasteiger partial charge in [0.2, 0.25) is 0 Å². The number of benzene rings is 1. The Kier molecular flexibility index (Phi) is 4.32. The molecule has 0 aliphatic rings. The van der Waals surface area contributed by atoms with Gasteiger partial charge < -0.3 is 5.32 Å². The summed E-state index contributed by atoms with van der Waals surface area (Å²) in [6.45, 7) is 9.96. The Balaban J connectivity index is 2.26. The largest absolute Gasteiger partial charge is 0.309 e. The monoisotopic (exact) mass is 258 g/mol. The molecule has 4 heteroatoms. The lowest BCUT2D eigenvalue weighted by molar-refractivity contribution is 0.438. The van der Waals surface area contributed by atoms with E-state index in [1.807, 2.05) is 18.5 Å². The number of nitrogens with one attached hydrogen (secondary N) is 1. The Hall–Kier alpha value is -1.68. The Labute approximate surface area is 114 Å². The average Bonchev–Trinajstić information content (AvgIpc) is 2.68. The van der Waals surface area contributed by atoms with Gasteiger partial charge in [-0.25, -0.2) is 9.67 Å². The van der Waals surface area contributed by atoms with Gasteiger partial charge in [0.05, 0.1) is 12.6 Å². The topological polar surface area (TPSA) is 42.7 Å². The molecule has 0 radical (unpaired) electrons. The molecule has 2 aromatic rings. The zero-order chi connectivity index (χ0) is 13.8. The fraction of sp³-hybridized carbons (Fsp3) is 0.467. The highest BCUT2D eigenvalue weighted by Crippen LogP contribution is 2.19. The molecule has 4 nitrogen and oxygen atoms in total. The standard InChI is InChI=1S/C15H22N4/c1-5-16-15(14-9-7-6-8-11(14)2)10-19-13(4)17-12(3)18-19/h6-9,15-16H,5,10H2,1-4H3. The SMILES string of the molecule is CCNC(Cn1nc(C)nc1C)c1ccccc1C. The number of hydrogen-bond donors (Lipinski definition) is 1. The lowest BCUT2D eigenvalue weighted by Crippen LogP contribution is -2.27. The molecule has 0 aliphatic carbocycles. The van der Waals surface area contributed by atoms with Gasteiger partial charge in [0.1, 0.15) is 11.6 Å². The minimum atomic E-state index is 0.269. The van der Waals surface area contributed by atoms with Crippen LogP contribution in [0.15, 0.2) is 24.3 Å². The molecule has 1 unspecified atom stereocenters. The van der Waals surface area contributed by atoms with E-state index in [1.165, 1.54) is 11.1 Å². The van der Waals surface area contributed by atoms with E-state index in [-0.39, 0.29) is 6.04 Å². The lowest BCUT2D eigenvalue weighted by atomic mass is 10.0. The van der Waals surface area contributed by atoms with Gasteiger partial charge in [0.15, 0.2) is 0 Å². The Morgan fingerprint density at radius 2 is 1.95 bits per heavy atom. The lowest BCUT2D eigenvalue weighted by Gasteiger charge is -2.20. The summed E-state index contributed by atoms with van der Waals surface area (Å²) in [5, 5.41) is 7.99. The summed E-state index contributed by atoms with van der Waals surface area (Å²) in [4.78, 5) is 4.36. The summed E-state index contributed by atoms with van der Waals surface area (Å²) in [5.74, 6) is 1.80. The van der Waals surface area contributed by atoms with Crippen molar-refractivity contribution in [2.45, 2.75) is 40.3 Å². The Bertz CT molecular complexity index is 545.